The Morgan fingerprint density at radius 2 is 1.96 bits per heavy atom. The molecule has 0 N–H and O–H groups in total. The maximum Gasteiger partial charge on any atom is 0.298 e. The number of benzene rings is 1. The van der Waals surface area contributed by atoms with Gasteiger partial charge in [0.15, 0.2) is 0 Å². The Kier molecular flexibility index (Phi) is 4.21. The molecule has 1 aromatic heterocycles. The maximum absolute atomic E-state index is 12.5. The Bertz CT molecular complexity index is 819. The Balaban J connectivity index is 1.87. The highest BCUT2D eigenvalue weighted by Gasteiger charge is 2.36. The first-order chi connectivity index (χ1) is 11.1. The van der Waals surface area contributed by atoms with Gasteiger partial charge in [0.2, 0.25) is 0 Å². The molecule has 2 aromatic rings. The summed E-state index contributed by atoms with van der Waals surface area (Å²) in [6.45, 7) is 3.87. The molecule has 2 heterocycles. The van der Waals surface area contributed by atoms with Gasteiger partial charge in [-0.15, -0.1) is 0 Å². The zero-order valence-electron chi connectivity index (χ0n) is 12.8. The van der Waals surface area contributed by atoms with Crippen LogP contribution in [0.15, 0.2) is 58.1 Å². The van der Waals surface area contributed by atoms with E-state index in [9.17, 15) is 9.59 Å². The zero-order chi connectivity index (χ0) is 16.4. The molecule has 1 aliphatic heterocycles. The van der Waals surface area contributed by atoms with Crippen molar-refractivity contribution in [3.8, 4) is 0 Å². The number of nitrogens with zero attached hydrogens (tertiary/aromatic N) is 1. The van der Waals surface area contributed by atoms with E-state index in [1.165, 1.54) is 4.90 Å². The molecule has 1 aromatic carbocycles. The number of rotatable bonds is 3. The third-order valence-electron chi connectivity index (χ3n) is 3.66. The van der Waals surface area contributed by atoms with Crippen LogP contribution in [-0.2, 0) is 4.79 Å². The summed E-state index contributed by atoms with van der Waals surface area (Å²) >= 11 is 0.945. The van der Waals surface area contributed by atoms with E-state index in [-0.39, 0.29) is 11.1 Å². The predicted molar refractivity (Wildman–Crippen MR) is 92.2 cm³/mol. The van der Waals surface area contributed by atoms with Crippen molar-refractivity contribution in [1.29, 1.82) is 0 Å². The molecule has 23 heavy (non-hydrogen) atoms. The first-order valence-corrected chi connectivity index (χ1v) is 7.94. The van der Waals surface area contributed by atoms with E-state index in [4.69, 9.17) is 4.42 Å². The van der Waals surface area contributed by atoms with Crippen LogP contribution in [0.4, 0.5) is 10.5 Å². The monoisotopic (exact) mass is 325 g/mol. The van der Waals surface area contributed by atoms with Gasteiger partial charge in [0.1, 0.15) is 5.76 Å². The van der Waals surface area contributed by atoms with Crippen molar-refractivity contribution >= 4 is 34.7 Å². The van der Waals surface area contributed by atoms with Crippen LogP contribution in [0.3, 0.4) is 0 Å². The minimum Gasteiger partial charge on any atom is -0.465 e. The molecule has 5 heteroatoms. The number of hydrogen-bond donors (Lipinski definition) is 0. The number of anilines is 1. The van der Waals surface area contributed by atoms with Gasteiger partial charge in [0, 0.05) is 0 Å². The summed E-state index contributed by atoms with van der Waals surface area (Å²) < 4.78 is 5.18. The lowest BCUT2D eigenvalue weighted by Gasteiger charge is -2.16. The molecule has 2 amide bonds. The number of furan rings is 1. The summed E-state index contributed by atoms with van der Waals surface area (Å²) in [5, 5.41) is -0.277. The van der Waals surface area contributed by atoms with E-state index in [0.29, 0.717) is 16.4 Å². The fraction of sp³-hybridized carbons (Fsp3) is 0.111. The number of hydrogen-bond acceptors (Lipinski definition) is 4. The number of amides is 2. The fourth-order valence-electron chi connectivity index (χ4n) is 2.28. The normalized spacial score (nSPS) is 17.0. The average molecular weight is 325 g/mol. The van der Waals surface area contributed by atoms with Gasteiger partial charge >= 0.3 is 0 Å². The highest BCUT2D eigenvalue weighted by Crippen LogP contribution is 2.36. The summed E-state index contributed by atoms with van der Waals surface area (Å²) in [5.74, 6) is 0.396. The molecule has 0 saturated carbocycles. The summed E-state index contributed by atoms with van der Waals surface area (Å²) in [6, 6.07) is 9.20. The van der Waals surface area contributed by atoms with Crippen molar-refractivity contribution in [2.45, 2.75) is 13.8 Å². The van der Waals surface area contributed by atoms with Crippen LogP contribution in [0.2, 0.25) is 0 Å². The van der Waals surface area contributed by atoms with Gasteiger partial charge in [0.25, 0.3) is 11.1 Å². The molecule has 1 saturated heterocycles. The lowest BCUT2D eigenvalue weighted by atomic mass is 10.1. The second-order valence-corrected chi connectivity index (χ2v) is 6.13. The summed E-state index contributed by atoms with van der Waals surface area (Å²) in [6.07, 6.45) is 6.66. The lowest BCUT2D eigenvalue weighted by molar-refractivity contribution is -0.113. The third-order valence-corrected chi connectivity index (χ3v) is 4.55. The molecule has 4 nitrogen and oxygen atoms in total. The van der Waals surface area contributed by atoms with Crippen LogP contribution in [0.25, 0.3) is 6.08 Å². The number of imide groups is 1. The Labute approximate surface area is 138 Å². The van der Waals surface area contributed by atoms with Gasteiger partial charge in [-0.05, 0) is 67.1 Å². The molecule has 116 valence electrons. The summed E-state index contributed by atoms with van der Waals surface area (Å²) in [7, 11) is 0. The van der Waals surface area contributed by atoms with E-state index >= 15 is 0 Å². The topological polar surface area (TPSA) is 50.5 Å². The highest BCUT2D eigenvalue weighted by atomic mass is 32.2. The largest absolute Gasteiger partial charge is 0.465 e. The van der Waals surface area contributed by atoms with Crippen LogP contribution < -0.4 is 4.90 Å². The van der Waals surface area contributed by atoms with Crippen LogP contribution in [0, 0.1) is 13.8 Å². The standard InChI is InChI=1S/C18H15NO3S/c1-12-6-3-9-15(13(12)2)19-17(20)16(23-18(19)21)10-4-7-14-8-5-11-22-14/h3-11H,1-2H3/b7-4+,16-10-. The number of carbonyl (C=O) groups excluding carboxylic acids is 2. The molecule has 0 radical (unpaired) electrons. The van der Waals surface area contributed by atoms with E-state index in [0.717, 1.165) is 22.9 Å². The molecule has 3 rings (SSSR count). The van der Waals surface area contributed by atoms with Crippen molar-refractivity contribution in [2.75, 3.05) is 4.90 Å². The van der Waals surface area contributed by atoms with Crippen molar-refractivity contribution < 1.29 is 14.0 Å². The van der Waals surface area contributed by atoms with E-state index < -0.39 is 0 Å². The molecule has 0 bridgehead atoms. The van der Waals surface area contributed by atoms with Gasteiger partial charge in [-0.3, -0.25) is 9.59 Å². The molecule has 0 spiro atoms. The number of thioether (sulfide) groups is 1. The third kappa shape index (κ3) is 3.00. The molecule has 1 aliphatic rings. The number of aryl methyl sites for hydroxylation is 1. The molecule has 0 aliphatic carbocycles. The number of allylic oxidation sites excluding steroid dienone is 2. The van der Waals surface area contributed by atoms with Gasteiger partial charge in [-0.2, -0.15) is 0 Å². The Morgan fingerprint density at radius 1 is 1.13 bits per heavy atom. The molecule has 1 fully saturated rings. The molecular formula is C18H15NO3S. The van der Waals surface area contributed by atoms with Crippen LogP contribution in [-0.4, -0.2) is 11.1 Å². The first kappa shape index (κ1) is 15.4. The molecule has 0 atom stereocenters. The first-order valence-electron chi connectivity index (χ1n) is 7.12. The highest BCUT2D eigenvalue weighted by molar-refractivity contribution is 8.18. The summed E-state index contributed by atoms with van der Waals surface area (Å²) in [4.78, 5) is 26.4. The smallest absolute Gasteiger partial charge is 0.298 e. The van der Waals surface area contributed by atoms with E-state index in [1.54, 1.807) is 36.6 Å². The molecular weight excluding hydrogens is 310 g/mol. The minimum atomic E-state index is -0.294. The van der Waals surface area contributed by atoms with Crippen molar-refractivity contribution in [2.24, 2.45) is 0 Å². The average Bonchev–Trinajstić information content (AvgIpc) is 3.12. The van der Waals surface area contributed by atoms with Crippen LogP contribution in [0.5, 0.6) is 0 Å². The maximum atomic E-state index is 12.5. The SMILES string of the molecule is Cc1cccc(N2C(=O)S/C(=C\C=C\c3ccco3)C2=O)c1C. The van der Waals surface area contributed by atoms with Crippen molar-refractivity contribution in [1.82, 2.24) is 0 Å². The van der Waals surface area contributed by atoms with Crippen LogP contribution in [0.1, 0.15) is 16.9 Å². The van der Waals surface area contributed by atoms with Gasteiger partial charge in [-0.25, -0.2) is 4.90 Å². The fourth-order valence-corrected chi connectivity index (χ4v) is 3.07. The minimum absolute atomic E-state index is 0.277. The van der Waals surface area contributed by atoms with Gasteiger partial charge in [0.05, 0.1) is 16.9 Å². The van der Waals surface area contributed by atoms with E-state index in [2.05, 4.69) is 0 Å². The van der Waals surface area contributed by atoms with Crippen molar-refractivity contribution in [3.63, 3.8) is 0 Å². The lowest BCUT2D eigenvalue weighted by Crippen LogP contribution is -2.28. The van der Waals surface area contributed by atoms with Crippen molar-refractivity contribution in [3.05, 3.63) is 70.5 Å². The van der Waals surface area contributed by atoms with E-state index in [1.807, 2.05) is 32.0 Å². The second kappa shape index (κ2) is 6.30. The Morgan fingerprint density at radius 3 is 2.70 bits per heavy atom. The Hall–Kier alpha value is -2.53. The predicted octanol–water partition coefficient (Wildman–Crippen LogP) is 4.69. The van der Waals surface area contributed by atoms with Gasteiger partial charge in [-0.1, -0.05) is 18.2 Å². The zero-order valence-corrected chi connectivity index (χ0v) is 13.6. The number of carbonyl (C=O) groups is 2. The van der Waals surface area contributed by atoms with Gasteiger partial charge < -0.3 is 4.42 Å². The summed E-state index contributed by atoms with van der Waals surface area (Å²) in [5.41, 5.74) is 2.62. The quantitative estimate of drug-likeness (QED) is 0.768. The molecule has 0 unspecified atom stereocenters. The van der Waals surface area contributed by atoms with Crippen LogP contribution >= 0.6 is 11.8 Å². The second-order valence-electron chi connectivity index (χ2n) is 5.13.